The Hall–Kier alpha value is 0.210. The third-order valence-electron chi connectivity index (χ3n) is 3.52. The maximum Gasteiger partial charge on any atom is 0.0769 e. The molecule has 0 saturated heterocycles. The molecule has 14 heavy (non-hydrogen) atoms. The van der Waals surface area contributed by atoms with Gasteiger partial charge in [0.2, 0.25) is 0 Å². The number of hydrogen-bond donors (Lipinski definition) is 2. The van der Waals surface area contributed by atoms with Gasteiger partial charge < -0.3 is 10.8 Å². The summed E-state index contributed by atoms with van der Waals surface area (Å²) in [6.07, 6.45) is 4.01. The fraction of sp³-hybridized carbons (Fsp3) is 1.00. The molecule has 0 aromatic carbocycles. The molecule has 0 aromatic rings. The van der Waals surface area contributed by atoms with E-state index in [1.54, 1.807) is 0 Å². The molecule has 0 heterocycles. The topological polar surface area (TPSA) is 46.2 Å². The lowest BCUT2D eigenvalue weighted by Gasteiger charge is -2.40. The van der Waals surface area contributed by atoms with Crippen LogP contribution in [0.1, 0.15) is 46.5 Å². The normalized spacial score (nSPS) is 33.6. The Morgan fingerprint density at radius 2 is 1.71 bits per heavy atom. The molecule has 0 unspecified atom stereocenters. The van der Waals surface area contributed by atoms with Gasteiger partial charge in [0.1, 0.15) is 0 Å². The number of hydrogen-bond acceptors (Lipinski definition) is 2. The molecule has 0 atom stereocenters. The quantitative estimate of drug-likeness (QED) is 0.714. The van der Waals surface area contributed by atoms with Crippen LogP contribution in [0.15, 0.2) is 0 Å². The summed E-state index contributed by atoms with van der Waals surface area (Å²) in [6, 6.07) is 0. The molecule has 86 valence electrons. The summed E-state index contributed by atoms with van der Waals surface area (Å²) in [5, 5.41) is 9.94. The molecule has 1 rings (SSSR count). The lowest BCUT2D eigenvalue weighted by Crippen LogP contribution is -2.43. The number of aliphatic hydroxyl groups is 1. The minimum atomic E-state index is -0.554. The van der Waals surface area contributed by atoms with E-state index in [1.807, 2.05) is 0 Å². The predicted molar refractivity (Wildman–Crippen MR) is 62.7 cm³/mol. The highest BCUT2D eigenvalue weighted by Gasteiger charge is 2.36. The van der Waals surface area contributed by atoms with E-state index >= 15 is 0 Å². The Morgan fingerprint density at radius 1 is 1.29 bits per heavy atom. The fourth-order valence-electron chi connectivity index (χ4n) is 2.23. The van der Waals surface area contributed by atoms with E-state index in [0.29, 0.717) is 12.0 Å². The van der Waals surface area contributed by atoms with Crippen molar-refractivity contribution in [2.45, 2.75) is 52.1 Å². The van der Waals surface area contributed by atoms with E-state index in [9.17, 15) is 5.11 Å². The second kappa shape index (κ2) is 4.82. The third kappa shape index (κ3) is 3.41. The first kappa shape index (κ1) is 14.2. The number of halogens is 1. The van der Waals surface area contributed by atoms with Crippen molar-refractivity contribution >= 4 is 12.4 Å². The largest absolute Gasteiger partial charge is 0.389 e. The van der Waals surface area contributed by atoms with Crippen molar-refractivity contribution in [2.24, 2.45) is 17.1 Å². The minimum Gasteiger partial charge on any atom is -0.389 e. The molecule has 2 nitrogen and oxygen atoms in total. The van der Waals surface area contributed by atoms with Gasteiger partial charge in [-0.05, 0) is 37.0 Å². The van der Waals surface area contributed by atoms with Crippen molar-refractivity contribution in [1.29, 1.82) is 0 Å². The molecule has 1 aliphatic carbocycles. The molecule has 1 saturated carbocycles. The van der Waals surface area contributed by atoms with Gasteiger partial charge >= 0.3 is 0 Å². The summed E-state index contributed by atoms with van der Waals surface area (Å²) < 4.78 is 0. The summed E-state index contributed by atoms with van der Waals surface area (Å²) in [7, 11) is 0. The maximum absolute atomic E-state index is 9.94. The Bertz CT molecular complexity index is 169. The zero-order valence-electron chi connectivity index (χ0n) is 9.55. The monoisotopic (exact) mass is 221 g/mol. The number of rotatable bonds is 1. The van der Waals surface area contributed by atoms with Gasteiger partial charge in [-0.2, -0.15) is 0 Å². The summed E-state index contributed by atoms with van der Waals surface area (Å²) >= 11 is 0. The van der Waals surface area contributed by atoms with Crippen molar-refractivity contribution in [1.82, 2.24) is 0 Å². The van der Waals surface area contributed by atoms with Gasteiger partial charge in [-0.15, -0.1) is 12.4 Å². The minimum absolute atomic E-state index is 0. The SMILES string of the molecule is CC(C)(C)C1CCC(O)(CN)CC1.Cl. The van der Waals surface area contributed by atoms with E-state index in [4.69, 9.17) is 5.73 Å². The molecule has 0 aliphatic heterocycles. The molecular weight excluding hydrogens is 198 g/mol. The Kier molecular flexibility index (Phi) is 4.89. The lowest BCUT2D eigenvalue weighted by molar-refractivity contribution is -0.0175. The van der Waals surface area contributed by atoms with Crippen LogP contribution in [0.25, 0.3) is 0 Å². The average Bonchev–Trinajstić information content (AvgIpc) is 2.04. The van der Waals surface area contributed by atoms with Gasteiger partial charge in [0.25, 0.3) is 0 Å². The maximum atomic E-state index is 9.94. The smallest absolute Gasteiger partial charge is 0.0769 e. The summed E-state index contributed by atoms with van der Waals surface area (Å²) in [5.74, 6) is 0.749. The molecule has 0 spiro atoms. The van der Waals surface area contributed by atoms with Gasteiger partial charge in [0, 0.05) is 6.54 Å². The van der Waals surface area contributed by atoms with E-state index in [1.165, 1.54) is 0 Å². The first-order valence-corrected chi connectivity index (χ1v) is 5.30. The Balaban J connectivity index is 0.00000169. The molecular formula is C11H24ClNO. The van der Waals surface area contributed by atoms with Crippen LogP contribution in [0.3, 0.4) is 0 Å². The van der Waals surface area contributed by atoms with Crippen molar-refractivity contribution in [3.8, 4) is 0 Å². The van der Waals surface area contributed by atoms with Crippen LogP contribution in [0.5, 0.6) is 0 Å². The molecule has 3 heteroatoms. The molecule has 0 radical (unpaired) electrons. The van der Waals surface area contributed by atoms with E-state index in [0.717, 1.165) is 31.6 Å². The zero-order valence-corrected chi connectivity index (χ0v) is 10.4. The standard InChI is InChI=1S/C11H23NO.ClH/c1-10(2,3)9-4-6-11(13,8-12)7-5-9;/h9,13H,4-8,12H2,1-3H3;1H. The van der Waals surface area contributed by atoms with Crippen LogP contribution in [-0.4, -0.2) is 17.3 Å². The third-order valence-corrected chi connectivity index (χ3v) is 3.52. The van der Waals surface area contributed by atoms with Crippen molar-refractivity contribution < 1.29 is 5.11 Å². The van der Waals surface area contributed by atoms with Gasteiger partial charge in [-0.1, -0.05) is 20.8 Å². The molecule has 0 aromatic heterocycles. The van der Waals surface area contributed by atoms with Gasteiger partial charge in [-0.3, -0.25) is 0 Å². The summed E-state index contributed by atoms with van der Waals surface area (Å²) in [4.78, 5) is 0. The average molecular weight is 222 g/mol. The lowest BCUT2D eigenvalue weighted by atomic mass is 9.68. The highest BCUT2D eigenvalue weighted by molar-refractivity contribution is 5.85. The van der Waals surface area contributed by atoms with Crippen molar-refractivity contribution in [3.05, 3.63) is 0 Å². The Morgan fingerprint density at radius 3 is 2.00 bits per heavy atom. The molecule has 0 bridgehead atoms. The summed E-state index contributed by atoms with van der Waals surface area (Å²) in [5.41, 5.74) is 5.37. The number of nitrogens with two attached hydrogens (primary N) is 1. The Labute approximate surface area is 93.7 Å². The molecule has 1 fully saturated rings. The van der Waals surface area contributed by atoms with Gasteiger partial charge in [0.05, 0.1) is 5.60 Å². The zero-order chi connectivity index (χ0) is 10.1. The first-order valence-electron chi connectivity index (χ1n) is 5.30. The van der Waals surface area contributed by atoms with Crippen LogP contribution in [0, 0.1) is 11.3 Å². The fourth-order valence-corrected chi connectivity index (χ4v) is 2.23. The van der Waals surface area contributed by atoms with E-state index in [-0.39, 0.29) is 12.4 Å². The van der Waals surface area contributed by atoms with Gasteiger partial charge in [-0.25, -0.2) is 0 Å². The van der Waals surface area contributed by atoms with E-state index < -0.39 is 5.60 Å². The highest BCUT2D eigenvalue weighted by atomic mass is 35.5. The van der Waals surface area contributed by atoms with Crippen LogP contribution >= 0.6 is 12.4 Å². The van der Waals surface area contributed by atoms with Crippen LogP contribution in [0.4, 0.5) is 0 Å². The second-order valence-corrected chi connectivity index (χ2v) is 5.57. The molecule has 3 N–H and O–H groups in total. The predicted octanol–water partition coefficient (Wildman–Crippen LogP) is 2.33. The van der Waals surface area contributed by atoms with E-state index in [2.05, 4.69) is 20.8 Å². The first-order chi connectivity index (χ1) is 5.87. The summed E-state index contributed by atoms with van der Waals surface area (Å²) in [6.45, 7) is 7.27. The van der Waals surface area contributed by atoms with Crippen molar-refractivity contribution in [2.75, 3.05) is 6.54 Å². The van der Waals surface area contributed by atoms with Crippen LogP contribution in [0.2, 0.25) is 0 Å². The molecule has 1 aliphatic rings. The van der Waals surface area contributed by atoms with Crippen molar-refractivity contribution in [3.63, 3.8) is 0 Å². The van der Waals surface area contributed by atoms with Gasteiger partial charge in [0.15, 0.2) is 0 Å². The van der Waals surface area contributed by atoms with Crippen LogP contribution < -0.4 is 5.73 Å². The van der Waals surface area contributed by atoms with Crippen LogP contribution in [-0.2, 0) is 0 Å². The second-order valence-electron chi connectivity index (χ2n) is 5.57. The highest BCUT2D eigenvalue weighted by Crippen LogP contribution is 2.40. The molecule has 0 amide bonds.